The van der Waals surface area contributed by atoms with Crippen molar-refractivity contribution in [3.8, 4) is 11.1 Å². The van der Waals surface area contributed by atoms with Gasteiger partial charge in [-0.05, 0) is 84.5 Å². The molecule has 6 heterocycles. The highest BCUT2D eigenvalue weighted by Gasteiger charge is 2.07. The van der Waals surface area contributed by atoms with E-state index in [1.807, 2.05) is 61.0 Å². The van der Waals surface area contributed by atoms with Crippen LogP contribution in [0.3, 0.4) is 0 Å². The van der Waals surface area contributed by atoms with E-state index in [0.717, 1.165) is 56.0 Å². The molecule has 0 saturated heterocycles. The van der Waals surface area contributed by atoms with Crippen molar-refractivity contribution in [2.75, 3.05) is 0 Å². The van der Waals surface area contributed by atoms with E-state index in [2.05, 4.69) is 45.3 Å². The summed E-state index contributed by atoms with van der Waals surface area (Å²) in [4.78, 5) is 20.6. The molecule has 0 fully saturated rings. The van der Waals surface area contributed by atoms with Gasteiger partial charge in [-0.3, -0.25) is 4.98 Å². The summed E-state index contributed by atoms with van der Waals surface area (Å²) < 4.78 is 0. The smallest absolute Gasteiger partial charge is 0.0658 e. The lowest BCUT2D eigenvalue weighted by Gasteiger charge is -1.97. The van der Waals surface area contributed by atoms with E-state index in [0.29, 0.717) is 0 Å². The molecule has 32 heavy (non-hydrogen) atoms. The predicted molar refractivity (Wildman–Crippen MR) is 137 cm³/mol. The van der Waals surface area contributed by atoms with E-state index in [1.165, 1.54) is 0 Å². The fourth-order valence-corrected chi connectivity index (χ4v) is 3.79. The molecule has 0 amide bonds. The molecule has 0 spiro atoms. The van der Waals surface area contributed by atoms with Crippen LogP contribution in [0.5, 0.6) is 0 Å². The van der Waals surface area contributed by atoms with Crippen LogP contribution in [0.2, 0.25) is 0 Å². The largest absolute Gasteiger partial charge is 0.355 e. The van der Waals surface area contributed by atoms with Gasteiger partial charge in [0.2, 0.25) is 0 Å². The molecule has 2 aliphatic rings. The first-order valence-corrected chi connectivity index (χ1v) is 9.77. The van der Waals surface area contributed by atoms with Gasteiger partial charge in [-0.15, -0.1) is 24.8 Å². The van der Waals surface area contributed by atoms with Crippen LogP contribution in [0, 0.1) is 0 Å². The third-order valence-corrected chi connectivity index (χ3v) is 5.16. The molecule has 2 aliphatic heterocycles. The standard InChI is InChI=1S/C25H17N5.2ClH/c1-2-18-12-20-5-6-22(29-20)15-25-24(16-7-9-26-10-8-16)14-23(30-25)13-21-4-3-19(28-21)11-17(1)27-18;;/h1-15,27,30H;2*1H. The second-order valence-corrected chi connectivity index (χ2v) is 7.32. The first-order chi connectivity index (χ1) is 14.8. The lowest BCUT2D eigenvalue weighted by atomic mass is 10.1. The zero-order valence-corrected chi connectivity index (χ0v) is 18.5. The van der Waals surface area contributed by atoms with E-state index in [-0.39, 0.29) is 24.8 Å². The highest BCUT2D eigenvalue weighted by molar-refractivity contribution is 5.87. The number of nitrogens with one attached hydrogen (secondary N) is 2. The third-order valence-electron chi connectivity index (χ3n) is 5.16. The molecule has 0 atom stereocenters. The Bertz CT molecular complexity index is 1500. The number of fused-ring (bicyclic) bond motifs is 8. The molecule has 0 unspecified atom stereocenters. The van der Waals surface area contributed by atoms with Crippen LogP contribution < -0.4 is 0 Å². The summed E-state index contributed by atoms with van der Waals surface area (Å²) in [6.45, 7) is 0. The first-order valence-electron chi connectivity index (χ1n) is 9.77. The van der Waals surface area contributed by atoms with Crippen molar-refractivity contribution in [3.05, 3.63) is 89.8 Å². The Morgan fingerprint density at radius 2 is 1.06 bits per heavy atom. The molecule has 0 aromatic carbocycles. The van der Waals surface area contributed by atoms with Crippen LogP contribution >= 0.6 is 24.8 Å². The van der Waals surface area contributed by atoms with Gasteiger partial charge >= 0.3 is 0 Å². The number of nitrogens with zero attached hydrogens (tertiary/aromatic N) is 3. The van der Waals surface area contributed by atoms with Crippen LogP contribution in [-0.4, -0.2) is 24.9 Å². The summed E-state index contributed by atoms with van der Waals surface area (Å²) >= 11 is 0. The number of rotatable bonds is 1. The summed E-state index contributed by atoms with van der Waals surface area (Å²) in [6, 6.07) is 18.5. The summed E-state index contributed by atoms with van der Waals surface area (Å²) in [5.74, 6) is 0. The molecular formula is C25H19Cl2N5. The highest BCUT2D eigenvalue weighted by Crippen LogP contribution is 2.27. The van der Waals surface area contributed by atoms with E-state index in [9.17, 15) is 0 Å². The fraction of sp³-hybridized carbons (Fsp3) is 0. The number of H-pyrrole nitrogens is 2. The highest BCUT2D eigenvalue weighted by atomic mass is 35.5. The van der Waals surface area contributed by atoms with Crippen LogP contribution in [0.1, 0.15) is 22.8 Å². The molecular weight excluding hydrogens is 441 g/mol. The van der Waals surface area contributed by atoms with E-state index >= 15 is 0 Å². The summed E-state index contributed by atoms with van der Waals surface area (Å²) in [5, 5.41) is 0. The Hall–Kier alpha value is -3.67. The Morgan fingerprint density at radius 1 is 0.531 bits per heavy atom. The van der Waals surface area contributed by atoms with Gasteiger partial charge in [-0.1, -0.05) is 0 Å². The van der Waals surface area contributed by atoms with Crippen molar-refractivity contribution >= 4 is 71.2 Å². The number of aromatic amines is 2. The maximum absolute atomic E-state index is 4.76. The Labute approximate surface area is 196 Å². The molecule has 158 valence electrons. The van der Waals surface area contributed by atoms with Crippen LogP contribution in [0.15, 0.2) is 67.0 Å². The normalized spacial score (nSPS) is 11.6. The fourth-order valence-electron chi connectivity index (χ4n) is 3.79. The Balaban J connectivity index is 0.00000122. The van der Waals surface area contributed by atoms with E-state index in [1.54, 1.807) is 0 Å². The molecule has 0 saturated carbocycles. The third kappa shape index (κ3) is 4.21. The molecule has 4 aromatic heterocycles. The van der Waals surface area contributed by atoms with Gasteiger partial charge in [0.25, 0.3) is 0 Å². The first kappa shape index (κ1) is 21.6. The second kappa shape index (κ2) is 8.83. The number of pyridine rings is 1. The zero-order chi connectivity index (χ0) is 19.9. The van der Waals surface area contributed by atoms with Crippen LogP contribution in [-0.2, 0) is 0 Å². The Morgan fingerprint density at radius 3 is 1.66 bits per heavy atom. The molecule has 8 bridgehead atoms. The second-order valence-electron chi connectivity index (χ2n) is 7.32. The monoisotopic (exact) mass is 459 g/mol. The number of hydrogen-bond donors (Lipinski definition) is 2. The molecule has 7 heteroatoms. The Kier molecular flexibility index (Phi) is 5.95. The summed E-state index contributed by atoms with van der Waals surface area (Å²) in [6.07, 6.45) is 11.7. The van der Waals surface area contributed by atoms with Gasteiger partial charge in [-0.25, -0.2) is 9.97 Å². The topological polar surface area (TPSA) is 70.2 Å². The van der Waals surface area contributed by atoms with Crippen molar-refractivity contribution in [2.24, 2.45) is 0 Å². The minimum Gasteiger partial charge on any atom is -0.355 e. The van der Waals surface area contributed by atoms with Crippen LogP contribution in [0.4, 0.5) is 0 Å². The van der Waals surface area contributed by atoms with E-state index < -0.39 is 0 Å². The van der Waals surface area contributed by atoms with Crippen molar-refractivity contribution in [3.63, 3.8) is 0 Å². The maximum Gasteiger partial charge on any atom is 0.0658 e. The number of halogens is 2. The molecule has 0 aliphatic carbocycles. The number of aromatic nitrogens is 5. The lowest BCUT2D eigenvalue weighted by molar-refractivity contribution is 1.31. The molecule has 4 aromatic rings. The average Bonchev–Trinajstić information content (AvgIpc) is 3.53. The van der Waals surface area contributed by atoms with Gasteiger partial charge in [0.05, 0.1) is 22.8 Å². The van der Waals surface area contributed by atoms with Gasteiger partial charge in [0.1, 0.15) is 0 Å². The number of hydrogen-bond acceptors (Lipinski definition) is 3. The van der Waals surface area contributed by atoms with Gasteiger partial charge < -0.3 is 9.97 Å². The van der Waals surface area contributed by atoms with E-state index in [4.69, 9.17) is 9.97 Å². The zero-order valence-electron chi connectivity index (χ0n) is 16.8. The van der Waals surface area contributed by atoms with Crippen molar-refractivity contribution in [1.82, 2.24) is 24.9 Å². The summed E-state index contributed by atoms with van der Waals surface area (Å²) in [5.41, 5.74) is 9.88. The SMILES string of the molecule is C1=Cc2cc3cc(-c4ccncc4)c(cc4nc(cc5ccc(cc1n2)[nH]5)C=C4)[nH]3.Cl.Cl. The van der Waals surface area contributed by atoms with Crippen molar-refractivity contribution in [2.45, 2.75) is 0 Å². The molecule has 0 radical (unpaired) electrons. The molecule has 2 N–H and O–H groups in total. The van der Waals surface area contributed by atoms with Crippen molar-refractivity contribution in [1.29, 1.82) is 0 Å². The summed E-state index contributed by atoms with van der Waals surface area (Å²) in [7, 11) is 0. The average molecular weight is 460 g/mol. The van der Waals surface area contributed by atoms with Gasteiger partial charge in [0, 0.05) is 40.0 Å². The maximum atomic E-state index is 4.76. The minimum absolute atomic E-state index is 0. The predicted octanol–water partition coefficient (Wildman–Crippen LogP) is 6.56. The van der Waals surface area contributed by atoms with Crippen molar-refractivity contribution < 1.29 is 0 Å². The quantitative estimate of drug-likeness (QED) is 0.292. The minimum atomic E-state index is 0. The van der Waals surface area contributed by atoms with Gasteiger partial charge in [0.15, 0.2) is 0 Å². The lowest BCUT2D eigenvalue weighted by Crippen LogP contribution is -1.78. The molecule has 5 nitrogen and oxygen atoms in total. The van der Waals surface area contributed by atoms with Crippen LogP contribution in [0.25, 0.3) is 57.5 Å². The van der Waals surface area contributed by atoms with Gasteiger partial charge in [-0.2, -0.15) is 0 Å². The molecule has 6 rings (SSSR count).